The number of benzene rings is 3. The number of halogens is 6. The van der Waals surface area contributed by atoms with Gasteiger partial charge in [-0.05, 0) is 55.0 Å². The maximum atomic E-state index is 13.7. The highest BCUT2D eigenvalue weighted by Gasteiger charge is 2.36. The highest BCUT2D eigenvalue weighted by Crippen LogP contribution is 2.37. The van der Waals surface area contributed by atoms with E-state index in [1.807, 2.05) is 0 Å². The molecule has 0 fully saturated rings. The number of carbonyl (C=O) groups excluding carboxylic acids is 2. The van der Waals surface area contributed by atoms with E-state index in [2.05, 4.69) is 5.32 Å². The SMILES string of the molecule is CNC(=O)[C@H](C)N(Cc1ccc(Cl)c(Cl)c1)C(=O)CN(c1cc(C(F)(F)F)ccc1Cl)S(=O)(=O)c1ccccc1. The van der Waals surface area contributed by atoms with Crippen LogP contribution in [0.1, 0.15) is 18.1 Å². The topological polar surface area (TPSA) is 86.8 Å². The van der Waals surface area contributed by atoms with Gasteiger partial charge in [-0.3, -0.25) is 13.9 Å². The van der Waals surface area contributed by atoms with E-state index in [9.17, 15) is 31.2 Å². The standard InChI is InChI=1S/C26H23Cl3F3N3O4S/c1-16(25(37)33-2)34(14-17-8-10-20(27)22(29)12-17)24(36)15-35(40(38,39)19-6-4-3-5-7-19)23-13-18(26(30,31)32)9-11-21(23)28/h3-13,16H,14-15H2,1-2H3,(H,33,37)/t16-/m0/s1. The minimum absolute atomic E-state index is 0.184. The van der Waals surface area contributed by atoms with Gasteiger partial charge in [-0.15, -0.1) is 0 Å². The van der Waals surface area contributed by atoms with E-state index < -0.39 is 51.9 Å². The Hall–Kier alpha value is -2.99. The Bertz CT molecular complexity index is 1510. The molecule has 3 aromatic rings. The molecule has 40 heavy (non-hydrogen) atoms. The minimum atomic E-state index is -4.82. The summed E-state index contributed by atoms with van der Waals surface area (Å²) in [4.78, 5) is 27.0. The van der Waals surface area contributed by atoms with Crippen LogP contribution in [0.5, 0.6) is 0 Å². The normalized spacial score (nSPS) is 12.5. The molecule has 14 heteroatoms. The lowest BCUT2D eigenvalue weighted by molar-refractivity contribution is -0.139. The second-order valence-electron chi connectivity index (χ2n) is 8.55. The van der Waals surface area contributed by atoms with E-state index in [-0.39, 0.29) is 26.5 Å². The fraction of sp³-hybridized carbons (Fsp3) is 0.231. The van der Waals surface area contributed by atoms with Gasteiger partial charge in [-0.25, -0.2) is 8.42 Å². The Morgan fingerprint density at radius 2 is 1.55 bits per heavy atom. The molecule has 0 radical (unpaired) electrons. The van der Waals surface area contributed by atoms with Crippen molar-refractivity contribution in [2.45, 2.75) is 30.6 Å². The fourth-order valence-corrected chi connectivity index (χ4v) is 5.78. The molecule has 1 N–H and O–H groups in total. The number of amides is 2. The third-order valence-corrected chi connectivity index (χ3v) is 8.74. The highest BCUT2D eigenvalue weighted by atomic mass is 35.5. The van der Waals surface area contributed by atoms with Crippen molar-refractivity contribution in [1.82, 2.24) is 10.2 Å². The zero-order chi connectivity index (χ0) is 29.8. The molecule has 0 saturated carbocycles. The molecule has 3 aromatic carbocycles. The average molecular weight is 637 g/mol. The van der Waals surface area contributed by atoms with Crippen molar-refractivity contribution in [3.8, 4) is 0 Å². The van der Waals surface area contributed by atoms with E-state index >= 15 is 0 Å². The molecule has 3 rings (SSSR count). The molecular formula is C26H23Cl3F3N3O4S. The van der Waals surface area contributed by atoms with Crippen molar-refractivity contribution >= 4 is 62.3 Å². The molecule has 7 nitrogen and oxygen atoms in total. The first-order valence-electron chi connectivity index (χ1n) is 11.6. The van der Waals surface area contributed by atoms with Crippen LogP contribution in [0.2, 0.25) is 15.1 Å². The largest absolute Gasteiger partial charge is 0.416 e. The lowest BCUT2D eigenvalue weighted by atomic mass is 10.1. The third-order valence-electron chi connectivity index (χ3n) is 5.90. The van der Waals surface area contributed by atoms with Crippen LogP contribution in [0.25, 0.3) is 0 Å². The van der Waals surface area contributed by atoms with Crippen LogP contribution in [0.3, 0.4) is 0 Å². The lowest BCUT2D eigenvalue weighted by Gasteiger charge is -2.32. The maximum absolute atomic E-state index is 13.7. The van der Waals surface area contributed by atoms with Crippen molar-refractivity contribution in [3.05, 3.63) is 92.9 Å². The number of carbonyl (C=O) groups is 2. The van der Waals surface area contributed by atoms with Gasteiger partial charge in [0, 0.05) is 13.6 Å². The lowest BCUT2D eigenvalue weighted by Crippen LogP contribution is -2.50. The van der Waals surface area contributed by atoms with E-state index in [1.54, 1.807) is 12.1 Å². The van der Waals surface area contributed by atoms with E-state index in [4.69, 9.17) is 34.8 Å². The van der Waals surface area contributed by atoms with Crippen LogP contribution in [0.15, 0.2) is 71.6 Å². The van der Waals surface area contributed by atoms with Gasteiger partial charge in [0.25, 0.3) is 10.0 Å². The summed E-state index contributed by atoms with van der Waals surface area (Å²) in [5, 5.41) is 2.52. The summed E-state index contributed by atoms with van der Waals surface area (Å²) >= 11 is 18.3. The van der Waals surface area contributed by atoms with Crippen molar-refractivity contribution in [1.29, 1.82) is 0 Å². The number of sulfonamides is 1. The Labute approximate surface area is 244 Å². The van der Waals surface area contributed by atoms with Gasteiger partial charge >= 0.3 is 6.18 Å². The monoisotopic (exact) mass is 635 g/mol. The third kappa shape index (κ3) is 7.20. The fourth-order valence-electron chi connectivity index (χ4n) is 3.74. The predicted molar refractivity (Wildman–Crippen MR) is 148 cm³/mol. The smallest absolute Gasteiger partial charge is 0.357 e. The predicted octanol–water partition coefficient (Wildman–Crippen LogP) is 6.02. The minimum Gasteiger partial charge on any atom is -0.357 e. The number of likely N-dealkylation sites (N-methyl/N-ethyl adjacent to an activating group) is 1. The second-order valence-corrected chi connectivity index (χ2v) is 11.6. The summed E-state index contributed by atoms with van der Waals surface area (Å²) in [5.74, 6) is -1.46. The Morgan fingerprint density at radius 1 is 0.925 bits per heavy atom. The zero-order valence-corrected chi connectivity index (χ0v) is 24.1. The van der Waals surface area contributed by atoms with Crippen LogP contribution in [0, 0.1) is 0 Å². The molecule has 0 saturated heterocycles. The van der Waals surface area contributed by atoms with Crippen LogP contribution in [-0.4, -0.2) is 44.8 Å². The number of nitrogens with one attached hydrogen (secondary N) is 1. The molecular weight excluding hydrogens is 614 g/mol. The van der Waals surface area contributed by atoms with Crippen molar-refractivity contribution in [3.63, 3.8) is 0 Å². The summed E-state index contributed by atoms with van der Waals surface area (Å²) in [6, 6.07) is 12.4. The van der Waals surface area contributed by atoms with Gasteiger partial charge < -0.3 is 10.2 Å². The van der Waals surface area contributed by atoms with E-state index in [0.29, 0.717) is 22.0 Å². The first kappa shape index (κ1) is 31.5. The number of rotatable bonds is 9. The van der Waals surface area contributed by atoms with Gasteiger partial charge in [0.2, 0.25) is 11.8 Å². The number of anilines is 1. The van der Waals surface area contributed by atoms with Crippen LogP contribution >= 0.6 is 34.8 Å². The molecule has 0 heterocycles. The number of hydrogen-bond acceptors (Lipinski definition) is 4. The van der Waals surface area contributed by atoms with E-state index in [0.717, 1.165) is 11.0 Å². The number of alkyl halides is 3. The van der Waals surface area contributed by atoms with Gasteiger partial charge in [-0.1, -0.05) is 59.1 Å². The Balaban J connectivity index is 2.13. The van der Waals surface area contributed by atoms with Crippen molar-refractivity contribution in [2.75, 3.05) is 17.9 Å². The quantitative estimate of drug-likeness (QED) is 0.311. The summed E-state index contributed by atoms with van der Waals surface area (Å²) in [6.07, 6.45) is -4.82. The molecule has 0 bridgehead atoms. The maximum Gasteiger partial charge on any atom is 0.416 e. The van der Waals surface area contributed by atoms with Gasteiger partial charge in [0.15, 0.2) is 0 Å². The Kier molecular flexibility index (Phi) is 9.99. The molecule has 1 atom stereocenters. The summed E-state index contributed by atoms with van der Waals surface area (Å²) < 4.78 is 68.6. The van der Waals surface area contributed by atoms with Crippen LogP contribution < -0.4 is 9.62 Å². The Morgan fingerprint density at radius 3 is 2.12 bits per heavy atom. The highest BCUT2D eigenvalue weighted by molar-refractivity contribution is 7.92. The summed E-state index contributed by atoms with van der Waals surface area (Å²) in [6.45, 7) is 0.252. The van der Waals surface area contributed by atoms with Gasteiger partial charge in [-0.2, -0.15) is 13.2 Å². The molecule has 214 valence electrons. The van der Waals surface area contributed by atoms with Crippen LogP contribution in [-0.2, 0) is 32.3 Å². The molecule has 0 aliphatic rings. The zero-order valence-electron chi connectivity index (χ0n) is 21.0. The molecule has 0 aliphatic carbocycles. The molecule has 0 aliphatic heterocycles. The first-order chi connectivity index (χ1) is 18.7. The molecule has 0 spiro atoms. The molecule has 0 unspecified atom stereocenters. The van der Waals surface area contributed by atoms with Gasteiger partial charge in [0.1, 0.15) is 12.6 Å². The summed E-state index contributed by atoms with van der Waals surface area (Å²) in [5.41, 5.74) is -1.26. The molecule has 0 aromatic heterocycles. The van der Waals surface area contributed by atoms with Crippen molar-refractivity contribution < 1.29 is 31.2 Å². The van der Waals surface area contributed by atoms with Crippen molar-refractivity contribution in [2.24, 2.45) is 0 Å². The second kappa shape index (κ2) is 12.7. The van der Waals surface area contributed by atoms with Crippen LogP contribution in [0.4, 0.5) is 18.9 Å². The number of nitrogens with zero attached hydrogens (tertiary/aromatic N) is 2. The van der Waals surface area contributed by atoms with Gasteiger partial charge in [0.05, 0.1) is 31.2 Å². The number of hydrogen-bond donors (Lipinski definition) is 1. The first-order valence-corrected chi connectivity index (χ1v) is 14.1. The average Bonchev–Trinajstić information content (AvgIpc) is 2.91. The molecule has 2 amide bonds. The summed E-state index contributed by atoms with van der Waals surface area (Å²) in [7, 11) is -3.25. The van der Waals surface area contributed by atoms with E-state index in [1.165, 1.54) is 50.4 Å².